The molecular formula is C12H11BrFN3O2S. The second-order valence-electron chi connectivity index (χ2n) is 4.10. The molecule has 2 aromatic rings. The summed E-state index contributed by atoms with van der Waals surface area (Å²) in [5, 5.41) is 0. The van der Waals surface area contributed by atoms with E-state index in [4.69, 9.17) is 5.73 Å². The van der Waals surface area contributed by atoms with Crippen molar-refractivity contribution in [1.29, 1.82) is 0 Å². The van der Waals surface area contributed by atoms with Crippen LogP contribution in [0.5, 0.6) is 0 Å². The number of nitrogen functional groups attached to an aromatic ring is 1. The first-order chi connectivity index (χ1) is 9.31. The average Bonchev–Trinajstić information content (AvgIpc) is 2.36. The topological polar surface area (TPSA) is 85.1 Å². The number of aromatic nitrogens is 1. The summed E-state index contributed by atoms with van der Waals surface area (Å²) in [5.74, 6) is -0.563. The number of anilines is 2. The Balaban J connectivity index is 2.44. The molecule has 8 heteroatoms. The van der Waals surface area contributed by atoms with Crippen molar-refractivity contribution in [3.63, 3.8) is 0 Å². The molecule has 3 N–H and O–H groups in total. The Morgan fingerprint density at radius 3 is 2.75 bits per heavy atom. The second kappa shape index (κ2) is 5.37. The Morgan fingerprint density at radius 1 is 1.40 bits per heavy atom. The number of pyridine rings is 1. The summed E-state index contributed by atoms with van der Waals surface area (Å²) < 4.78 is 40.5. The highest BCUT2D eigenvalue weighted by Crippen LogP contribution is 2.27. The number of hydrogen-bond donors (Lipinski definition) is 2. The van der Waals surface area contributed by atoms with Crippen LogP contribution in [0, 0.1) is 12.7 Å². The zero-order valence-corrected chi connectivity index (χ0v) is 12.8. The van der Waals surface area contributed by atoms with Gasteiger partial charge in [-0.25, -0.2) is 12.8 Å². The first-order valence-electron chi connectivity index (χ1n) is 5.49. The van der Waals surface area contributed by atoms with Crippen molar-refractivity contribution in [2.75, 3.05) is 10.5 Å². The van der Waals surface area contributed by atoms with Crippen molar-refractivity contribution in [1.82, 2.24) is 4.98 Å². The lowest BCUT2D eigenvalue weighted by molar-refractivity contribution is 0.601. The van der Waals surface area contributed by atoms with E-state index >= 15 is 0 Å². The van der Waals surface area contributed by atoms with Gasteiger partial charge in [-0.2, -0.15) is 0 Å². The van der Waals surface area contributed by atoms with E-state index in [-0.39, 0.29) is 20.7 Å². The number of nitrogens with two attached hydrogens (primary N) is 1. The Bertz CT molecular complexity index is 765. The van der Waals surface area contributed by atoms with Gasteiger partial charge >= 0.3 is 0 Å². The number of hydrogen-bond acceptors (Lipinski definition) is 4. The molecule has 0 saturated carbocycles. The van der Waals surface area contributed by atoms with E-state index in [9.17, 15) is 12.8 Å². The number of aryl methyl sites for hydroxylation is 1. The van der Waals surface area contributed by atoms with Gasteiger partial charge in [0, 0.05) is 12.4 Å². The third kappa shape index (κ3) is 2.91. The fourth-order valence-electron chi connectivity index (χ4n) is 1.57. The standard InChI is InChI=1S/C12H11BrFN3O2S/c1-7-4-8(13)9(14)5-11(7)17-20(18,19)12-6-16-3-2-10(12)15/h2-6,17H,1H3,(H2,15,16). The zero-order valence-electron chi connectivity index (χ0n) is 10.4. The predicted octanol–water partition coefficient (Wildman–Crippen LogP) is 2.67. The van der Waals surface area contributed by atoms with Crippen molar-refractivity contribution >= 4 is 37.3 Å². The van der Waals surface area contributed by atoms with Gasteiger partial charge in [-0.05, 0) is 46.6 Å². The lowest BCUT2D eigenvalue weighted by Gasteiger charge is -2.12. The molecule has 0 fully saturated rings. The summed E-state index contributed by atoms with van der Waals surface area (Å²) in [6.07, 6.45) is 2.53. The van der Waals surface area contributed by atoms with E-state index in [1.54, 1.807) is 6.92 Å². The third-order valence-corrected chi connectivity index (χ3v) is 4.63. The van der Waals surface area contributed by atoms with Crippen LogP contribution in [-0.4, -0.2) is 13.4 Å². The normalized spacial score (nSPS) is 11.3. The van der Waals surface area contributed by atoms with Crippen LogP contribution in [0.3, 0.4) is 0 Å². The van der Waals surface area contributed by atoms with Crippen molar-refractivity contribution in [2.24, 2.45) is 0 Å². The Kier molecular flexibility index (Phi) is 3.96. The average molecular weight is 360 g/mol. The van der Waals surface area contributed by atoms with Crippen molar-refractivity contribution < 1.29 is 12.8 Å². The van der Waals surface area contributed by atoms with Crippen LogP contribution in [0.15, 0.2) is 40.0 Å². The Hall–Kier alpha value is -1.67. The van der Waals surface area contributed by atoms with E-state index in [1.807, 2.05) is 0 Å². The molecule has 1 aromatic carbocycles. The van der Waals surface area contributed by atoms with Gasteiger partial charge in [-0.3, -0.25) is 9.71 Å². The number of benzene rings is 1. The maximum Gasteiger partial charge on any atom is 0.265 e. The molecule has 0 amide bonds. The van der Waals surface area contributed by atoms with Crippen LogP contribution in [0.25, 0.3) is 0 Å². The number of rotatable bonds is 3. The molecule has 1 aromatic heterocycles. The predicted molar refractivity (Wildman–Crippen MR) is 78.3 cm³/mol. The van der Waals surface area contributed by atoms with Gasteiger partial charge in [0.15, 0.2) is 0 Å². The molecule has 0 atom stereocenters. The molecule has 2 rings (SSSR count). The van der Waals surface area contributed by atoms with E-state index in [2.05, 4.69) is 25.6 Å². The third-order valence-electron chi connectivity index (χ3n) is 2.62. The highest BCUT2D eigenvalue weighted by Gasteiger charge is 2.19. The number of halogens is 2. The number of nitrogens with one attached hydrogen (secondary N) is 1. The SMILES string of the molecule is Cc1cc(Br)c(F)cc1NS(=O)(=O)c1cnccc1N. The van der Waals surface area contributed by atoms with Gasteiger partial charge in [-0.15, -0.1) is 0 Å². The summed E-state index contributed by atoms with van der Waals surface area (Å²) in [7, 11) is -3.92. The molecule has 0 spiro atoms. The summed E-state index contributed by atoms with van der Waals surface area (Å²) in [6, 6.07) is 3.97. The molecule has 106 valence electrons. The largest absolute Gasteiger partial charge is 0.398 e. The van der Waals surface area contributed by atoms with Crippen molar-refractivity contribution in [3.05, 3.63) is 46.4 Å². The van der Waals surface area contributed by atoms with Gasteiger partial charge in [0.25, 0.3) is 10.0 Å². The van der Waals surface area contributed by atoms with E-state index in [1.165, 1.54) is 18.3 Å². The molecule has 5 nitrogen and oxygen atoms in total. The quantitative estimate of drug-likeness (QED) is 0.881. The number of nitrogens with zero attached hydrogens (tertiary/aromatic N) is 1. The molecule has 0 unspecified atom stereocenters. The molecular weight excluding hydrogens is 349 g/mol. The maximum absolute atomic E-state index is 13.5. The van der Waals surface area contributed by atoms with Gasteiger partial charge in [0.1, 0.15) is 10.7 Å². The van der Waals surface area contributed by atoms with Crippen LogP contribution in [0.4, 0.5) is 15.8 Å². The molecule has 1 heterocycles. The van der Waals surface area contributed by atoms with Crippen molar-refractivity contribution in [3.8, 4) is 0 Å². The minimum absolute atomic E-state index is 0.0720. The van der Waals surface area contributed by atoms with Gasteiger partial charge in [0.2, 0.25) is 0 Å². The van der Waals surface area contributed by atoms with E-state index in [0.717, 1.165) is 12.3 Å². The Morgan fingerprint density at radius 2 is 2.10 bits per heavy atom. The van der Waals surface area contributed by atoms with Crippen molar-refractivity contribution in [2.45, 2.75) is 11.8 Å². The monoisotopic (exact) mass is 359 g/mol. The van der Waals surface area contributed by atoms with Gasteiger partial charge in [0.05, 0.1) is 15.8 Å². The number of sulfonamides is 1. The van der Waals surface area contributed by atoms with Crippen LogP contribution in [-0.2, 0) is 10.0 Å². The summed E-state index contributed by atoms with van der Waals surface area (Å²) in [5.41, 5.74) is 6.40. The summed E-state index contributed by atoms with van der Waals surface area (Å²) >= 11 is 3.03. The minimum Gasteiger partial charge on any atom is -0.398 e. The van der Waals surface area contributed by atoms with Crippen LogP contribution in [0.2, 0.25) is 0 Å². The Labute approximate surface area is 124 Å². The smallest absolute Gasteiger partial charge is 0.265 e. The lowest BCUT2D eigenvalue weighted by atomic mass is 10.2. The zero-order chi connectivity index (χ0) is 14.9. The molecule has 20 heavy (non-hydrogen) atoms. The molecule has 0 aliphatic heterocycles. The molecule has 0 aliphatic carbocycles. The lowest BCUT2D eigenvalue weighted by Crippen LogP contribution is -2.16. The van der Waals surface area contributed by atoms with E-state index in [0.29, 0.717) is 5.56 Å². The second-order valence-corrected chi connectivity index (χ2v) is 6.61. The summed E-state index contributed by atoms with van der Waals surface area (Å²) in [4.78, 5) is 3.58. The van der Waals surface area contributed by atoms with Gasteiger partial charge in [-0.1, -0.05) is 0 Å². The fourth-order valence-corrected chi connectivity index (χ4v) is 3.23. The minimum atomic E-state index is -3.92. The van der Waals surface area contributed by atoms with Crippen LogP contribution < -0.4 is 10.5 Å². The first kappa shape index (κ1) is 14.7. The maximum atomic E-state index is 13.5. The van der Waals surface area contributed by atoms with E-state index < -0.39 is 15.8 Å². The van der Waals surface area contributed by atoms with Gasteiger partial charge < -0.3 is 5.73 Å². The van der Waals surface area contributed by atoms with Crippen LogP contribution >= 0.6 is 15.9 Å². The van der Waals surface area contributed by atoms with Crippen LogP contribution in [0.1, 0.15) is 5.56 Å². The first-order valence-corrected chi connectivity index (χ1v) is 7.77. The highest BCUT2D eigenvalue weighted by molar-refractivity contribution is 9.10. The fraction of sp³-hybridized carbons (Fsp3) is 0.0833. The molecule has 0 bridgehead atoms. The molecule has 0 aliphatic rings. The summed E-state index contributed by atoms with van der Waals surface area (Å²) in [6.45, 7) is 1.66. The molecule has 0 radical (unpaired) electrons. The highest BCUT2D eigenvalue weighted by atomic mass is 79.9. The molecule has 0 saturated heterocycles.